The van der Waals surface area contributed by atoms with E-state index in [4.69, 9.17) is 16.1 Å². The van der Waals surface area contributed by atoms with Crippen LogP contribution < -0.4 is 10.2 Å². The van der Waals surface area contributed by atoms with E-state index in [1.54, 1.807) is 0 Å². The Morgan fingerprint density at radius 2 is 2.15 bits per heavy atom. The maximum atomic E-state index is 12.7. The van der Waals surface area contributed by atoms with Crippen LogP contribution in [0.25, 0.3) is 11.1 Å². The van der Waals surface area contributed by atoms with Crippen molar-refractivity contribution >= 4 is 34.4 Å². The van der Waals surface area contributed by atoms with Crippen LogP contribution >= 0.6 is 11.6 Å². The molecular weight excluding hydrogens is 366 g/mol. The van der Waals surface area contributed by atoms with Gasteiger partial charge in [-0.2, -0.15) is 4.98 Å². The van der Waals surface area contributed by atoms with Gasteiger partial charge in [0.2, 0.25) is 5.91 Å². The van der Waals surface area contributed by atoms with Gasteiger partial charge in [0, 0.05) is 24.7 Å². The lowest BCUT2D eigenvalue weighted by atomic mass is 9.96. The maximum Gasteiger partial charge on any atom is 0.263 e. The highest BCUT2D eigenvalue weighted by molar-refractivity contribution is 6.30. The van der Waals surface area contributed by atoms with Crippen molar-refractivity contribution in [1.29, 1.82) is 0 Å². The van der Waals surface area contributed by atoms with E-state index < -0.39 is 0 Å². The van der Waals surface area contributed by atoms with Gasteiger partial charge in [-0.3, -0.25) is 4.79 Å². The minimum Gasteiger partial charge on any atom is -0.355 e. The number of benzene rings is 1. The predicted molar refractivity (Wildman–Crippen MR) is 103 cm³/mol. The molecule has 8 heteroatoms. The predicted octanol–water partition coefficient (Wildman–Crippen LogP) is 3.11. The first-order valence-electron chi connectivity index (χ1n) is 8.96. The third-order valence-electron chi connectivity index (χ3n) is 4.90. The van der Waals surface area contributed by atoms with Crippen molar-refractivity contribution in [2.45, 2.75) is 26.3 Å². The summed E-state index contributed by atoms with van der Waals surface area (Å²) in [6.07, 6.45) is 3.27. The van der Waals surface area contributed by atoms with E-state index >= 15 is 0 Å². The van der Waals surface area contributed by atoms with Crippen molar-refractivity contribution < 1.29 is 9.32 Å². The van der Waals surface area contributed by atoms with Gasteiger partial charge in [0.1, 0.15) is 17.5 Å². The number of carbonyl (C=O) groups is 1. The van der Waals surface area contributed by atoms with Crippen molar-refractivity contribution in [3.63, 3.8) is 0 Å². The number of nitrogens with zero attached hydrogens (tertiary/aromatic N) is 4. The molecule has 3 aromatic rings. The fraction of sp³-hybridized carbons (Fsp3) is 0.368. The van der Waals surface area contributed by atoms with Gasteiger partial charge in [-0.05, 0) is 37.5 Å². The molecule has 0 radical (unpaired) electrons. The lowest BCUT2D eigenvalue weighted by Crippen LogP contribution is -2.43. The lowest BCUT2D eigenvalue weighted by molar-refractivity contribution is -0.125. The molecule has 1 amide bonds. The number of anilines is 1. The number of amides is 1. The molecule has 1 N–H and O–H groups in total. The molecule has 1 aromatic carbocycles. The van der Waals surface area contributed by atoms with E-state index in [1.807, 2.05) is 31.2 Å². The number of piperidine rings is 1. The molecule has 1 atom stereocenters. The van der Waals surface area contributed by atoms with Crippen LogP contribution in [0.15, 0.2) is 35.1 Å². The van der Waals surface area contributed by atoms with Crippen LogP contribution in [0.2, 0.25) is 5.02 Å². The summed E-state index contributed by atoms with van der Waals surface area (Å²) < 4.78 is 5.23. The molecule has 0 spiro atoms. The van der Waals surface area contributed by atoms with E-state index in [0.717, 1.165) is 41.8 Å². The third kappa shape index (κ3) is 3.73. The van der Waals surface area contributed by atoms with Crippen molar-refractivity contribution in [2.75, 3.05) is 18.0 Å². The maximum absolute atomic E-state index is 12.7. The molecule has 0 saturated carbocycles. The van der Waals surface area contributed by atoms with Crippen LogP contribution in [0, 0.1) is 12.8 Å². The number of fused-ring (bicyclic) bond motifs is 1. The summed E-state index contributed by atoms with van der Waals surface area (Å²) in [5.41, 5.74) is 2.26. The quantitative estimate of drug-likeness (QED) is 0.742. The zero-order chi connectivity index (χ0) is 18.8. The number of carbonyl (C=O) groups excluding carboxylic acids is 1. The zero-order valence-corrected chi connectivity index (χ0v) is 15.7. The van der Waals surface area contributed by atoms with Gasteiger partial charge in [0.25, 0.3) is 5.71 Å². The molecule has 7 nitrogen and oxygen atoms in total. The first-order valence-corrected chi connectivity index (χ1v) is 9.33. The number of rotatable bonds is 4. The van der Waals surface area contributed by atoms with Gasteiger partial charge in [-0.15, -0.1) is 0 Å². The Morgan fingerprint density at radius 1 is 1.33 bits per heavy atom. The Labute approximate surface area is 161 Å². The molecule has 27 heavy (non-hydrogen) atoms. The van der Waals surface area contributed by atoms with Crippen molar-refractivity contribution in [2.24, 2.45) is 5.92 Å². The van der Waals surface area contributed by atoms with E-state index in [2.05, 4.69) is 25.3 Å². The monoisotopic (exact) mass is 385 g/mol. The van der Waals surface area contributed by atoms with Crippen LogP contribution in [-0.2, 0) is 11.3 Å². The Morgan fingerprint density at radius 3 is 2.96 bits per heavy atom. The molecule has 0 unspecified atom stereocenters. The van der Waals surface area contributed by atoms with Crippen molar-refractivity contribution in [3.05, 3.63) is 46.9 Å². The van der Waals surface area contributed by atoms with Crippen LogP contribution in [0.1, 0.15) is 24.1 Å². The molecular formula is C19H20ClN5O2. The fourth-order valence-corrected chi connectivity index (χ4v) is 3.59. The average Bonchev–Trinajstić information content (AvgIpc) is 3.08. The molecule has 1 aliphatic rings. The van der Waals surface area contributed by atoms with Crippen LogP contribution in [0.4, 0.5) is 5.82 Å². The summed E-state index contributed by atoms with van der Waals surface area (Å²) in [7, 11) is 0. The zero-order valence-electron chi connectivity index (χ0n) is 15.0. The number of nitrogens with one attached hydrogen (secondary N) is 1. The smallest absolute Gasteiger partial charge is 0.263 e. The van der Waals surface area contributed by atoms with Crippen LogP contribution in [0.5, 0.6) is 0 Å². The topological polar surface area (TPSA) is 84.2 Å². The summed E-state index contributed by atoms with van der Waals surface area (Å²) >= 11 is 5.90. The number of aryl methyl sites for hydroxylation is 1. The molecule has 1 saturated heterocycles. The Hall–Kier alpha value is -2.67. The van der Waals surface area contributed by atoms with Crippen LogP contribution in [-0.4, -0.2) is 34.1 Å². The van der Waals surface area contributed by atoms with Gasteiger partial charge in [-0.25, -0.2) is 4.98 Å². The highest BCUT2D eigenvalue weighted by Crippen LogP contribution is 2.29. The first kappa shape index (κ1) is 17.7. The van der Waals surface area contributed by atoms with Gasteiger partial charge in [-0.1, -0.05) is 28.9 Å². The second-order valence-corrected chi connectivity index (χ2v) is 7.21. The largest absolute Gasteiger partial charge is 0.355 e. The molecule has 4 rings (SSSR count). The van der Waals surface area contributed by atoms with Gasteiger partial charge in [0.05, 0.1) is 11.6 Å². The Balaban J connectivity index is 1.45. The summed E-state index contributed by atoms with van der Waals surface area (Å²) in [6, 6.07) is 7.49. The molecule has 2 aromatic heterocycles. The minimum absolute atomic E-state index is 0.0574. The molecule has 140 valence electrons. The van der Waals surface area contributed by atoms with E-state index in [-0.39, 0.29) is 11.8 Å². The minimum atomic E-state index is -0.0868. The van der Waals surface area contributed by atoms with E-state index in [1.165, 1.54) is 6.33 Å². The highest BCUT2D eigenvalue weighted by Gasteiger charge is 2.28. The van der Waals surface area contributed by atoms with Crippen molar-refractivity contribution in [3.8, 4) is 0 Å². The second kappa shape index (κ2) is 7.52. The normalized spacial score (nSPS) is 17.3. The van der Waals surface area contributed by atoms with E-state index in [0.29, 0.717) is 23.8 Å². The standard InChI is InChI=1S/C19H20ClN5O2/c1-12-16-17(22-11-23-19(16)27-24-12)25-8-2-3-14(10-25)18(26)21-9-13-4-6-15(20)7-5-13/h4-7,11,14H,2-3,8-10H2,1H3,(H,21,26)/t14-/m1/s1. The molecule has 0 aliphatic carbocycles. The lowest BCUT2D eigenvalue weighted by Gasteiger charge is -2.33. The number of hydrogen-bond acceptors (Lipinski definition) is 6. The average molecular weight is 386 g/mol. The Kier molecular flexibility index (Phi) is 4.94. The fourth-order valence-electron chi connectivity index (χ4n) is 3.46. The summed E-state index contributed by atoms with van der Waals surface area (Å²) in [6.45, 7) is 3.83. The Bertz CT molecular complexity index is 956. The SMILES string of the molecule is Cc1noc2ncnc(N3CCC[C@@H](C(=O)NCc4ccc(Cl)cc4)C3)c12. The van der Waals surface area contributed by atoms with Gasteiger partial charge in [0.15, 0.2) is 0 Å². The second-order valence-electron chi connectivity index (χ2n) is 6.77. The van der Waals surface area contributed by atoms with Crippen molar-refractivity contribution in [1.82, 2.24) is 20.4 Å². The van der Waals surface area contributed by atoms with Gasteiger partial charge < -0.3 is 14.7 Å². The molecule has 3 heterocycles. The number of halogens is 1. The molecule has 1 fully saturated rings. The third-order valence-corrected chi connectivity index (χ3v) is 5.15. The first-order chi connectivity index (χ1) is 13.1. The van der Waals surface area contributed by atoms with E-state index in [9.17, 15) is 4.79 Å². The summed E-state index contributed by atoms with van der Waals surface area (Å²) in [5.74, 6) is 0.757. The summed E-state index contributed by atoms with van der Waals surface area (Å²) in [4.78, 5) is 23.4. The summed E-state index contributed by atoms with van der Waals surface area (Å²) in [5, 5.41) is 8.52. The van der Waals surface area contributed by atoms with Crippen LogP contribution in [0.3, 0.4) is 0 Å². The van der Waals surface area contributed by atoms with Gasteiger partial charge >= 0.3 is 0 Å². The molecule has 0 bridgehead atoms. The number of aromatic nitrogens is 3. The number of hydrogen-bond donors (Lipinski definition) is 1. The highest BCUT2D eigenvalue weighted by atomic mass is 35.5. The molecule has 1 aliphatic heterocycles.